The number of para-hydroxylation sites is 1. The van der Waals surface area contributed by atoms with Crippen molar-refractivity contribution in [2.45, 2.75) is 0 Å². The maximum Gasteiger partial charge on any atom is 0.255 e. The van der Waals surface area contributed by atoms with Gasteiger partial charge < -0.3 is 20.3 Å². The fourth-order valence-electron chi connectivity index (χ4n) is 2.71. The minimum Gasteiger partial charge on any atom is -0.497 e. The number of carbonyl (C=O) groups excluding carboxylic acids is 2. The molecule has 0 radical (unpaired) electrons. The van der Waals surface area contributed by atoms with Crippen molar-refractivity contribution in [2.24, 2.45) is 0 Å². The highest BCUT2D eigenvalue weighted by atomic mass is 16.5. The second-order valence-electron chi connectivity index (χ2n) is 6.40. The summed E-state index contributed by atoms with van der Waals surface area (Å²) < 4.78 is 5.10. The lowest BCUT2D eigenvalue weighted by Gasteiger charge is -2.18. The number of ether oxygens (including phenoxy) is 1. The van der Waals surface area contributed by atoms with E-state index in [1.807, 2.05) is 30.3 Å². The van der Waals surface area contributed by atoms with Crippen molar-refractivity contribution in [3.63, 3.8) is 0 Å². The molecule has 0 spiro atoms. The number of anilines is 3. The lowest BCUT2D eigenvalue weighted by molar-refractivity contribution is -0.116. The lowest BCUT2D eigenvalue weighted by atomic mass is 10.2. The van der Waals surface area contributed by atoms with E-state index >= 15 is 0 Å². The predicted octanol–water partition coefficient (Wildman–Crippen LogP) is 4.02. The van der Waals surface area contributed by atoms with Gasteiger partial charge >= 0.3 is 0 Å². The average molecular weight is 389 g/mol. The average Bonchev–Trinajstić information content (AvgIpc) is 2.78. The van der Waals surface area contributed by atoms with Crippen molar-refractivity contribution in [3.05, 3.63) is 84.4 Å². The number of likely N-dealkylation sites (N-methyl/N-ethyl adjacent to an activating group) is 1. The number of hydrogen-bond acceptors (Lipinski definition) is 4. The molecule has 2 N–H and O–H groups in total. The van der Waals surface area contributed by atoms with Crippen LogP contribution in [0.15, 0.2) is 78.9 Å². The van der Waals surface area contributed by atoms with Crippen LogP contribution in [0.25, 0.3) is 0 Å². The Morgan fingerprint density at radius 3 is 2.10 bits per heavy atom. The lowest BCUT2D eigenvalue weighted by Crippen LogP contribution is -2.32. The number of carbonyl (C=O) groups is 2. The van der Waals surface area contributed by atoms with Gasteiger partial charge in [-0.05, 0) is 60.7 Å². The highest BCUT2D eigenvalue weighted by Crippen LogP contribution is 2.17. The van der Waals surface area contributed by atoms with Gasteiger partial charge in [-0.2, -0.15) is 0 Å². The summed E-state index contributed by atoms with van der Waals surface area (Å²) in [6, 6.07) is 23.6. The number of nitrogens with zero attached hydrogens (tertiary/aromatic N) is 1. The molecule has 0 saturated heterocycles. The van der Waals surface area contributed by atoms with Crippen molar-refractivity contribution in [2.75, 3.05) is 36.2 Å². The normalized spacial score (nSPS) is 10.1. The van der Waals surface area contributed by atoms with E-state index in [1.165, 1.54) is 0 Å². The maximum atomic E-state index is 12.4. The Kier molecular flexibility index (Phi) is 6.47. The first kappa shape index (κ1) is 19.9. The van der Waals surface area contributed by atoms with Crippen molar-refractivity contribution in [3.8, 4) is 5.75 Å². The molecule has 0 unspecified atom stereocenters. The van der Waals surface area contributed by atoms with Crippen molar-refractivity contribution >= 4 is 28.9 Å². The number of hydrogen-bond donors (Lipinski definition) is 2. The van der Waals surface area contributed by atoms with Gasteiger partial charge in [0.1, 0.15) is 5.75 Å². The molecule has 0 fully saturated rings. The van der Waals surface area contributed by atoms with Crippen LogP contribution in [0.5, 0.6) is 5.75 Å². The van der Waals surface area contributed by atoms with Gasteiger partial charge in [-0.3, -0.25) is 9.59 Å². The van der Waals surface area contributed by atoms with Crippen LogP contribution in [0.3, 0.4) is 0 Å². The SMILES string of the molecule is COc1ccc(NC(=O)c2ccc(NCC(=O)N(C)c3ccccc3)cc2)cc1. The Morgan fingerprint density at radius 2 is 1.48 bits per heavy atom. The number of rotatable bonds is 7. The molecule has 3 aromatic rings. The molecular formula is C23H23N3O3. The third-order valence-corrected chi connectivity index (χ3v) is 4.46. The summed E-state index contributed by atoms with van der Waals surface area (Å²) >= 11 is 0. The quantitative estimate of drug-likeness (QED) is 0.640. The van der Waals surface area contributed by atoms with Crippen LogP contribution < -0.4 is 20.3 Å². The van der Waals surface area contributed by atoms with E-state index in [0.717, 1.165) is 17.1 Å². The highest BCUT2D eigenvalue weighted by molar-refractivity contribution is 6.04. The van der Waals surface area contributed by atoms with Crippen molar-refractivity contribution in [1.82, 2.24) is 0 Å². The summed E-state index contributed by atoms with van der Waals surface area (Å²) in [5.74, 6) is 0.463. The summed E-state index contributed by atoms with van der Waals surface area (Å²) in [6.07, 6.45) is 0. The van der Waals surface area contributed by atoms with Gasteiger partial charge in [0, 0.05) is 29.7 Å². The molecule has 0 aliphatic carbocycles. The van der Waals surface area contributed by atoms with E-state index in [9.17, 15) is 9.59 Å². The molecule has 3 aromatic carbocycles. The fourth-order valence-corrected chi connectivity index (χ4v) is 2.71. The molecule has 2 amide bonds. The van der Waals surface area contributed by atoms with Crippen LogP contribution in [-0.4, -0.2) is 32.5 Å². The Hall–Kier alpha value is -3.80. The van der Waals surface area contributed by atoms with E-state index in [-0.39, 0.29) is 18.4 Å². The van der Waals surface area contributed by atoms with E-state index in [1.54, 1.807) is 67.6 Å². The molecule has 0 aliphatic heterocycles. The largest absolute Gasteiger partial charge is 0.497 e. The minimum atomic E-state index is -0.207. The molecule has 0 aromatic heterocycles. The number of benzene rings is 3. The van der Waals surface area contributed by atoms with Gasteiger partial charge in [0.25, 0.3) is 5.91 Å². The van der Waals surface area contributed by atoms with Gasteiger partial charge in [0.05, 0.1) is 13.7 Å². The predicted molar refractivity (Wildman–Crippen MR) is 116 cm³/mol. The molecule has 148 valence electrons. The second-order valence-corrected chi connectivity index (χ2v) is 6.40. The van der Waals surface area contributed by atoms with Crippen LogP contribution in [0.4, 0.5) is 17.1 Å². The van der Waals surface area contributed by atoms with Crippen LogP contribution in [0.2, 0.25) is 0 Å². The molecule has 0 aliphatic rings. The smallest absolute Gasteiger partial charge is 0.255 e. The summed E-state index contributed by atoms with van der Waals surface area (Å²) in [4.78, 5) is 26.3. The molecule has 0 saturated carbocycles. The monoisotopic (exact) mass is 389 g/mol. The Balaban J connectivity index is 1.54. The summed E-state index contributed by atoms with van der Waals surface area (Å²) in [6.45, 7) is 0.156. The van der Waals surface area contributed by atoms with Gasteiger partial charge in [-0.1, -0.05) is 18.2 Å². The number of amides is 2. The first-order chi connectivity index (χ1) is 14.1. The topological polar surface area (TPSA) is 70.7 Å². The van der Waals surface area contributed by atoms with Gasteiger partial charge in [-0.25, -0.2) is 0 Å². The second kappa shape index (κ2) is 9.41. The molecule has 0 bridgehead atoms. The van der Waals surface area contributed by atoms with E-state index in [2.05, 4.69) is 10.6 Å². The fraction of sp³-hybridized carbons (Fsp3) is 0.130. The first-order valence-corrected chi connectivity index (χ1v) is 9.18. The van der Waals surface area contributed by atoms with Crippen molar-refractivity contribution in [1.29, 1.82) is 0 Å². The molecule has 0 atom stereocenters. The van der Waals surface area contributed by atoms with E-state index in [0.29, 0.717) is 11.3 Å². The third kappa shape index (κ3) is 5.35. The third-order valence-electron chi connectivity index (χ3n) is 4.46. The van der Waals surface area contributed by atoms with Gasteiger partial charge in [0.15, 0.2) is 0 Å². The van der Waals surface area contributed by atoms with Crippen molar-refractivity contribution < 1.29 is 14.3 Å². The number of nitrogens with one attached hydrogen (secondary N) is 2. The zero-order valence-electron chi connectivity index (χ0n) is 16.4. The molecule has 6 heteroatoms. The Labute approximate surface area is 170 Å². The summed E-state index contributed by atoms with van der Waals surface area (Å²) in [7, 11) is 3.34. The number of methoxy groups -OCH3 is 1. The molecule has 29 heavy (non-hydrogen) atoms. The van der Waals surface area contributed by atoms with Crippen LogP contribution in [0.1, 0.15) is 10.4 Å². The van der Waals surface area contributed by atoms with Crippen LogP contribution in [0, 0.1) is 0 Å². The van der Waals surface area contributed by atoms with Crippen LogP contribution in [-0.2, 0) is 4.79 Å². The van der Waals surface area contributed by atoms with Crippen LogP contribution >= 0.6 is 0 Å². The maximum absolute atomic E-state index is 12.4. The standard InChI is InChI=1S/C23H23N3O3/c1-26(20-6-4-3-5-7-20)22(27)16-24-18-10-8-17(9-11-18)23(28)25-19-12-14-21(29-2)15-13-19/h3-15,24H,16H2,1-2H3,(H,25,28). The molecule has 0 heterocycles. The summed E-state index contributed by atoms with van der Waals surface area (Å²) in [5.41, 5.74) is 2.82. The van der Waals surface area contributed by atoms with E-state index < -0.39 is 0 Å². The molecule has 3 rings (SSSR count). The highest BCUT2D eigenvalue weighted by Gasteiger charge is 2.11. The zero-order valence-corrected chi connectivity index (χ0v) is 16.4. The zero-order chi connectivity index (χ0) is 20.6. The molecule has 6 nitrogen and oxygen atoms in total. The minimum absolute atomic E-state index is 0.0578. The van der Waals surface area contributed by atoms with Gasteiger partial charge in [0.2, 0.25) is 5.91 Å². The van der Waals surface area contributed by atoms with Gasteiger partial charge in [-0.15, -0.1) is 0 Å². The molecular weight excluding hydrogens is 366 g/mol. The Bertz CT molecular complexity index is 955. The first-order valence-electron chi connectivity index (χ1n) is 9.18. The Morgan fingerprint density at radius 1 is 0.862 bits per heavy atom. The van der Waals surface area contributed by atoms with E-state index in [4.69, 9.17) is 4.74 Å². The summed E-state index contributed by atoms with van der Waals surface area (Å²) in [5, 5.41) is 5.92.